The average Bonchev–Trinajstić information content (AvgIpc) is 2.59. The molecule has 2 rings (SSSR count). The van der Waals surface area contributed by atoms with Crippen LogP contribution in [0.4, 0.5) is 4.39 Å². The molecule has 0 spiro atoms. The van der Waals surface area contributed by atoms with Crippen LogP contribution in [0.25, 0.3) is 0 Å². The number of hydrogen-bond acceptors (Lipinski definition) is 2. The smallest absolute Gasteiger partial charge is 0.306 e. The largest absolute Gasteiger partial charge is 0.481 e. The number of rotatable bonds is 3. The Kier molecular flexibility index (Phi) is 2.68. The van der Waals surface area contributed by atoms with E-state index in [-0.39, 0.29) is 12.2 Å². The van der Waals surface area contributed by atoms with Crippen LogP contribution in [0.3, 0.4) is 0 Å². The van der Waals surface area contributed by atoms with Gasteiger partial charge in [0.1, 0.15) is 11.4 Å². The molecule has 0 bridgehead atoms. The lowest BCUT2D eigenvalue weighted by Gasteiger charge is -2.27. The van der Waals surface area contributed by atoms with Crippen LogP contribution >= 0.6 is 0 Å². The third-order valence-electron chi connectivity index (χ3n) is 3.22. The van der Waals surface area contributed by atoms with Gasteiger partial charge in [0.2, 0.25) is 0 Å². The number of carbonyl (C=O) groups is 1. The van der Waals surface area contributed by atoms with E-state index in [1.165, 1.54) is 13.2 Å². The Balaban J connectivity index is 2.47. The molecule has 0 amide bonds. The van der Waals surface area contributed by atoms with Crippen molar-refractivity contribution >= 4 is 5.97 Å². The first-order chi connectivity index (χ1) is 7.59. The van der Waals surface area contributed by atoms with Crippen LogP contribution in [-0.4, -0.2) is 18.2 Å². The molecule has 4 heteroatoms. The molecule has 0 saturated carbocycles. The van der Waals surface area contributed by atoms with Crippen LogP contribution in [0.1, 0.15) is 24.0 Å². The summed E-state index contributed by atoms with van der Waals surface area (Å²) in [5.74, 6) is -1.21. The van der Waals surface area contributed by atoms with E-state index < -0.39 is 11.6 Å². The van der Waals surface area contributed by atoms with E-state index in [2.05, 4.69) is 0 Å². The molecule has 86 valence electrons. The van der Waals surface area contributed by atoms with Gasteiger partial charge in [-0.25, -0.2) is 4.39 Å². The van der Waals surface area contributed by atoms with Crippen LogP contribution in [0.2, 0.25) is 0 Å². The van der Waals surface area contributed by atoms with Gasteiger partial charge in [-0.2, -0.15) is 0 Å². The van der Waals surface area contributed by atoms with Crippen molar-refractivity contribution in [1.29, 1.82) is 0 Å². The fraction of sp³-hybridized carbons (Fsp3) is 0.417. The van der Waals surface area contributed by atoms with Gasteiger partial charge < -0.3 is 9.84 Å². The highest BCUT2D eigenvalue weighted by Crippen LogP contribution is 2.42. The van der Waals surface area contributed by atoms with E-state index in [0.717, 1.165) is 0 Å². The minimum atomic E-state index is -0.932. The van der Waals surface area contributed by atoms with Crippen molar-refractivity contribution < 1.29 is 19.0 Å². The van der Waals surface area contributed by atoms with Crippen molar-refractivity contribution in [3.8, 4) is 0 Å². The molecular weight excluding hydrogens is 211 g/mol. The zero-order valence-electron chi connectivity index (χ0n) is 9.00. The quantitative estimate of drug-likeness (QED) is 0.855. The number of carboxylic acid groups (broad SMARTS) is 1. The predicted molar refractivity (Wildman–Crippen MR) is 55.7 cm³/mol. The first-order valence-electron chi connectivity index (χ1n) is 5.14. The van der Waals surface area contributed by atoms with Crippen molar-refractivity contribution in [2.75, 3.05) is 7.11 Å². The highest BCUT2D eigenvalue weighted by Gasteiger charge is 2.41. The summed E-state index contributed by atoms with van der Waals surface area (Å²) in [5.41, 5.74) is 0.409. The number of fused-ring (bicyclic) bond motifs is 1. The predicted octanol–water partition coefficient (Wildman–Crippen LogP) is 2.09. The van der Waals surface area contributed by atoms with Crippen molar-refractivity contribution in [3.05, 3.63) is 35.1 Å². The number of aliphatic carboxylic acids is 1. The highest BCUT2D eigenvalue weighted by molar-refractivity contribution is 5.69. The molecule has 0 heterocycles. The van der Waals surface area contributed by atoms with Gasteiger partial charge in [0.05, 0.1) is 6.42 Å². The Hall–Kier alpha value is -1.42. The van der Waals surface area contributed by atoms with Crippen LogP contribution in [0, 0.1) is 5.82 Å². The number of ether oxygens (including phenoxy) is 1. The number of methoxy groups -OCH3 is 1. The third kappa shape index (κ3) is 1.59. The lowest BCUT2D eigenvalue weighted by atomic mass is 9.92. The van der Waals surface area contributed by atoms with Gasteiger partial charge in [0.15, 0.2) is 0 Å². The Morgan fingerprint density at radius 2 is 2.38 bits per heavy atom. The van der Waals surface area contributed by atoms with Gasteiger partial charge in [-0.1, -0.05) is 12.1 Å². The molecule has 1 aliphatic carbocycles. The maximum atomic E-state index is 13.5. The minimum Gasteiger partial charge on any atom is -0.481 e. The van der Waals surface area contributed by atoms with Crippen LogP contribution < -0.4 is 0 Å². The number of carboxylic acids is 1. The molecule has 0 aliphatic heterocycles. The molecule has 0 radical (unpaired) electrons. The highest BCUT2D eigenvalue weighted by atomic mass is 19.1. The summed E-state index contributed by atoms with van der Waals surface area (Å²) in [4.78, 5) is 10.8. The molecular formula is C12H13FO3. The van der Waals surface area contributed by atoms with Gasteiger partial charge in [-0.15, -0.1) is 0 Å². The summed E-state index contributed by atoms with van der Waals surface area (Å²) < 4.78 is 18.8. The molecule has 1 aliphatic rings. The molecule has 1 atom stereocenters. The first-order valence-corrected chi connectivity index (χ1v) is 5.14. The molecule has 1 aromatic rings. The maximum Gasteiger partial charge on any atom is 0.306 e. The molecule has 0 aromatic heterocycles. The lowest BCUT2D eigenvalue weighted by molar-refractivity contribution is -0.144. The molecule has 16 heavy (non-hydrogen) atoms. The average molecular weight is 224 g/mol. The summed E-state index contributed by atoms with van der Waals surface area (Å²) in [6.07, 6.45) is 0.926. The zero-order valence-corrected chi connectivity index (χ0v) is 9.00. The maximum absolute atomic E-state index is 13.5. The summed E-state index contributed by atoms with van der Waals surface area (Å²) in [6.45, 7) is 0. The van der Waals surface area contributed by atoms with E-state index in [4.69, 9.17) is 9.84 Å². The second-order valence-electron chi connectivity index (χ2n) is 4.03. The fourth-order valence-corrected chi connectivity index (χ4v) is 2.41. The molecule has 3 nitrogen and oxygen atoms in total. The van der Waals surface area contributed by atoms with Crippen LogP contribution in [0.5, 0.6) is 0 Å². The van der Waals surface area contributed by atoms with E-state index in [9.17, 15) is 9.18 Å². The van der Waals surface area contributed by atoms with E-state index in [0.29, 0.717) is 24.0 Å². The third-order valence-corrected chi connectivity index (χ3v) is 3.22. The molecule has 0 fully saturated rings. The summed E-state index contributed by atoms with van der Waals surface area (Å²) >= 11 is 0. The molecule has 1 N–H and O–H groups in total. The van der Waals surface area contributed by atoms with Crippen molar-refractivity contribution in [1.82, 2.24) is 0 Å². The minimum absolute atomic E-state index is 0.125. The fourth-order valence-electron chi connectivity index (χ4n) is 2.41. The summed E-state index contributed by atoms with van der Waals surface area (Å²) in [6, 6.07) is 4.73. The van der Waals surface area contributed by atoms with Crippen molar-refractivity contribution in [2.45, 2.75) is 24.9 Å². The zero-order chi connectivity index (χ0) is 11.8. The standard InChI is InChI=1S/C12H13FO3/c1-16-12(7-11(14)15)6-5-8-9(12)3-2-4-10(8)13/h2-4H,5-7H2,1H3,(H,14,15). The first kappa shape index (κ1) is 11.1. The normalized spacial score (nSPS) is 23.1. The Bertz CT molecular complexity index is 430. The van der Waals surface area contributed by atoms with Gasteiger partial charge in [-0.3, -0.25) is 4.79 Å². The number of benzene rings is 1. The SMILES string of the molecule is COC1(CC(=O)O)CCc2c(F)cccc21. The molecule has 0 saturated heterocycles. The van der Waals surface area contributed by atoms with E-state index in [1.807, 2.05) is 0 Å². The van der Waals surface area contributed by atoms with E-state index >= 15 is 0 Å². The molecule has 1 aromatic carbocycles. The van der Waals surface area contributed by atoms with Gasteiger partial charge >= 0.3 is 5.97 Å². The van der Waals surface area contributed by atoms with Crippen molar-refractivity contribution in [2.24, 2.45) is 0 Å². The summed E-state index contributed by atoms with van der Waals surface area (Å²) in [5, 5.41) is 8.89. The van der Waals surface area contributed by atoms with Gasteiger partial charge in [0.25, 0.3) is 0 Å². The Morgan fingerprint density at radius 1 is 1.62 bits per heavy atom. The molecule has 1 unspecified atom stereocenters. The van der Waals surface area contributed by atoms with Crippen LogP contribution in [0.15, 0.2) is 18.2 Å². The van der Waals surface area contributed by atoms with Gasteiger partial charge in [0, 0.05) is 7.11 Å². The second kappa shape index (κ2) is 3.87. The summed E-state index contributed by atoms with van der Waals surface area (Å²) in [7, 11) is 1.48. The lowest BCUT2D eigenvalue weighted by Crippen LogP contribution is -2.28. The monoisotopic (exact) mass is 224 g/mol. The van der Waals surface area contributed by atoms with Crippen LogP contribution in [-0.2, 0) is 21.6 Å². The number of hydrogen-bond donors (Lipinski definition) is 1. The Morgan fingerprint density at radius 3 is 3.00 bits per heavy atom. The number of halogens is 1. The van der Waals surface area contributed by atoms with Gasteiger partial charge in [-0.05, 0) is 30.0 Å². The second-order valence-corrected chi connectivity index (χ2v) is 4.03. The topological polar surface area (TPSA) is 46.5 Å². The van der Waals surface area contributed by atoms with E-state index in [1.54, 1.807) is 12.1 Å². The Labute approximate surface area is 92.9 Å². The van der Waals surface area contributed by atoms with Crippen molar-refractivity contribution in [3.63, 3.8) is 0 Å².